The number of ether oxygens (including phenoxy) is 2. The third-order valence-corrected chi connectivity index (χ3v) is 4.85. The second kappa shape index (κ2) is 7.61. The molecule has 8 heteroatoms. The molecule has 0 bridgehead atoms. The zero-order chi connectivity index (χ0) is 19.6. The highest BCUT2D eigenvalue weighted by atomic mass is 16.6. The van der Waals surface area contributed by atoms with E-state index in [4.69, 9.17) is 9.47 Å². The van der Waals surface area contributed by atoms with Gasteiger partial charge in [0.1, 0.15) is 0 Å². The lowest BCUT2D eigenvalue weighted by Gasteiger charge is -2.09. The summed E-state index contributed by atoms with van der Waals surface area (Å²) in [5.74, 6) is -1.10. The molecular weight excluding hydrogens is 352 g/mol. The Hall–Kier alpha value is -3.16. The Labute approximate surface area is 155 Å². The molecule has 142 valence electrons. The van der Waals surface area contributed by atoms with Crippen LogP contribution in [0, 0.1) is 10.1 Å². The van der Waals surface area contributed by atoms with Crippen LogP contribution in [0.2, 0.25) is 0 Å². The second-order valence-corrected chi connectivity index (χ2v) is 6.31. The molecule has 0 radical (unpaired) electrons. The van der Waals surface area contributed by atoms with Crippen LogP contribution in [0.4, 0.5) is 5.69 Å². The molecule has 1 aromatic carbocycles. The van der Waals surface area contributed by atoms with Crippen LogP contribution in [0.25, 0.3) is 0 Å². The molecule has 1 aliphatic rings. The molecule has 0 unspecified atom stereocenters. The number of carbonyl (C=O) groups is 2. The molecule has 0 aliphatic carbocycles. The summed E-state index contributed by atoms with van der Waals surface area (Å²) in [5.41, 5.74) is 3.05. The quantitative estimate of drug-likeness (QED) is 0.439. The van der Waals surface area contributed by atoms with Gasteiger partial charge < -0.3 is 14.0 Å². The first-order valence-corrected chi connectivity index (χ1v) is 8.62. The number of benzene rings is 1. The molecule has 0 fully saturated rings. The van der Waals surface area contributed by atoms with Crippen molar-refractivity contribution in [2.24, 2.45) is 0 Å². The summed E-state index contributed by atoms with van der Waals surface area (Å²) >= 11 is 0. The van der Waals surface area contributed by atoms with Crippen LogP contribution in [0.1, 0.15) is 44.1 Å². The monoisotopic (exact) mass is 372 g/mol. The standard InChI is InChI=1S/C19H20N2O6/c1-26-18(22)16-14-4-3-11-20(14)15(17(16)19(23)27-2)10-7-12-5-8-13(9-6-12)21(24)25/h5-6,8-9H,3-4,7,10-11H2,1-2H3. The van der Waals surface area contributed by atoms with Crippen molar-refractivity contribution >= 4 is 17.6 Å². The van der Waals surface area contributed by atoms with Crippen molar-refractivity contribution in [3.05, 3.63) is 62.5 Å². The fraction of sp³-hybridized carbons (Fsp3) is 0.368. The number of nitrogens with zero attached hydrogens (tertiary/aromatic N) is 2. The molecule has 1 aliphatic heterocycles. The predicted octanol–water partition coefficient (Wildman–Crippen LogP) is 2.70. The van der Waals surface area contributed by atoms with Crippen molar-refractivity contribution in [1.29, 1.82) is 0 Å². The largest absolute Gasteiger partial charge is 0.465 e. The zero-order valence-electron chi connectivity index (χ0n) is 15.2. The first kappa shape index (κ1) is 18.6. The zero-order valence-corrected chi connectivity index (χ0v) is 15.2. The number of nitro benzene ring substituents is 1. The topological polar surface area (TPSA) is 101 Å². The van der Waals surface area contributed by atoms with Crippen molar-refractivity contribution < 1.29 is 24.0 Å². The number of fused-ring (bicyclic) bond motifs is 1. The van der Waals surface area contributed by atoms with Crippen LogP contribution in [0.3, 0.4) is 0 Å². The van der Waals surface area contributed by atoms with E-state index in [1.165, 1.54) is 26.4 Å². The summed E-state index contributed by atoms with van der Waals surface area (Å²) in [6, 6.07) is 6.31. The molecule has 3 rings (SSSR count). The maximum Gasteiger partial charge on any atom is 0.340 e. The molecule has 8 nitrogen and oxygen atoms in total. The third kappa shape index (κ3) is 3.42. The Morgan fingerprint density at radius 3 is 2.30 bits per heavy atom. The van der Waals surface area contributed by atoms with E-state index in [0.717, 1.165) is 29.9 Å². The number of hydrogen-bond acceptors (Lipinski definition) is 6. The van der Waals surface area contributed by atoms with E-state index >= 15 is 0 Å². The summed E-state index contributed by atoms with van der Waals surface area (Å²) in [6.07, 6.45) is 2.68. The number of nitro groups is 1. The molecule has 0 amide bonds. The molecule has 0 N–H and O–H groups in total. The van der Waals surface area contributed by atoms with Crippen molar-refractivity contribution in [2.75, 3.05) is 14.2 Å². The molecule has 2 heterocycles. The van der Waals surface area contributed by atoms with Gasteiger partial charge in [0.15, 0.2) is 0 Å². The van der Waals surface area contributed by atoms with Crippen LogP contribution in [-0.2, 0) is 35.3 Å². The number of aromatic nitrogens is 1. The highest BCUT2D eigenvalue weighted by Gasteiger charge is 2.33. The third-order valence-electron chi connectivity index (χ3n) is 4.85. The fourth-order valence-corrected chi connectivity index (χ4v) is 3.61. The predicted molar refractivity (Wildman–Crippen MR) is 95.9 cm³/mol. The van der Waals surface area contributed by atoms with Gasteiger partial charge in [-0.2, -0.15) is 0 Å². The van der Waals surface area contributed by atoms with Gasteiger partial charge in [0.2, 0.25) is 0 Å². The number of aryl methyl sites for hydroxylation is 1. The van der Waals surface area contributed by atoms with Gasteiger partial charge in [-0.15, -0.1) is 0 Å². The fourth-order valence-electron chi connectivity index (χ4n) is 3.61. The van der Waals surface area contributed by atoms with E-state index in [2.05, 4.69) is 0 Å². The minimum absolute atomic E-state index is 0.0329. The van der Waals surface area contributed by atoms with Gasteiger partial charge in [0.25, 0.3) is 5.69 Å². The molecule has 0 atom stereocenters. The minimum atomic E-state index is -0.559. The van der Waals surface area contributed by atoms with Crippen molar-refractivity contribution in [3.8, 4) is 0 Å². The number of methoxy groups -OCH3 is 2. The summed E-state index contributed by atoms with van der Waals surface area (Å²) in [4.78, 5) is 35.0. The van der Waals surface area contributed by atoms with Gasteiger partial charge in [-0.3, -0.25) is 10.1 Å². The van der Waals surface area contributed by atoms with Crippen LogP contribution >= 0.6 is 0 Å². The number of esters is 2. The van der Waals surface area contributed by atoms with Gasteiger partial charge in [-0.05, 0) is 31.2 Å². The Kier molecular flexibility index (Phi) is 5.25. The minimum Gasteiger partial charge on any atom is -0.465 e. The van der Waals surface area contributed by atoms with Crippen molar-refractivity contribution in [2.45, 2.75) is 32.2 Å². The maximum atomic E-state index is 12.4. The SMILES string of the molecule is COC(=O)c1c(C(=O)OC)c(CCc2ccc([N+](=O)[O-])cc2)n2c1CCC2. The second-order valence-electron chi connectivity index (χ2n) is 6.31. The summed E-state index contributed by atoms with van der Waals surface area (Å²) in [7, 11) is 2.57. The molecule has 27 heavy (non-hydrogen) atoms. The maximum absolute atomic E-state index is 12.4. The number of rotatable bonds is 6. The lowest BCUT2D eigenvalue weighted by atomic mass is 10.0. The Bertz CT molecular complexity index is 898. The van der Waals surface area contributed by atoms with E-state index in [1.807, 2.05) is 4.57 Å². The molecule has 0 saturated carbocycles. The van der Waals surface area contributed by atoms with Crippen LogP contribution in [0.15, 0.2) is 24.3 Å². The number of carbonyl (C=O) groups excluding carboxylic acids is 2. The summed E-state index contributed by atoms with van der Waals surface area (Å²) in [6.45, 7) is 0.728. The van der Waals surface area contributed by atoms with Crippen molar-refractivity contribution in [1.82, 2.24) is 4.57 Å². The molecule has 2 aromatic rings. The summed E-state index contributed by atoms with van der Waals surface area (Å²) < 4.78 is 11.8. The normalized spacial score (nSPS) is 12.5. The molecule has 0 saturated heterocycles. The van der Waals surface area contributed by atoms with Crippen LogP contribution in [0.5, 0.6) is 0 Å². The van der Waals surface area contributed by atoms with Gasteiger partial charge in [-0.1, -0.05) is 12.1 Å². The smallest absolute Gasteiger partial charge is 0.340 e. The number of hydrogen-bond donors (Lipinski definition) is 0. The van der Waals surface area contributed by atoms with E-state index in [1.54, 1.807) is 12.1 Å². The van der Waals surface area contributed by atoms with Crippen LogP contribution in [-0.4, -0.2) is 35.6 Å². The van der Waals surface area contributed by atoms with E-state index in [0.29, 0.717) is 24.8 Å². The Morgan fingerprint density at radius 2 is 1.70 bits per heavy atom. The van der Waals surface area contributed by atoms with E-state index < -0.39 is 16.9 Å². The Morgan fingerprint density at radius 1 is 1.07 bits per heavy atom. The average molecular weight is 372 g/mol. The van der Waals surface area contributed by atoms with Gasteiger partial charge in [0.05, 0.1) is 30.3 Å². The number of non-ortho nitro benzene ring substituents is 1. The highest BCUT2D eigenvalue weighted by molar-refractivity contribution is 6.05. The van der Waals surface area contributed by atoms with E-state index in [-0.39, 0.29) is 11.3 Å². The molecular formula is C19H20N2O6. The first-order valence-electron chi connectivity index (χ1n) is 8.62. The Balaban J connectivity index is 1.95. The first-order chi connectivity index (χ1) is 13.0. The summed E-state index contributed by atoms with van der Waals surface area (Å²) in [5, 5.41) is 10.8. The highest BCUT2D eigenvalue weighted by Crippen LogP contribution is 2.31. The van der Waals surface area contributed by atoms with E-state index in [9.17, 15) is 19.7 Å². The molecule has 1 aromatic heterocycles. The lowest BCUT2D eigenvalue weighted by Crippen LogP contribution is -2.13. The average Bonchev–Trinajstić information content (AvgIpc) is 3.26. The van der Waals surface area contributed by atoms with Gasteiger partial charge in [-0.25, -0.2) is 9.59 Å². The van der Waals surface area contributed by atoms with Crippen LogP contribution < -0.4 is 0 Å². The van der Waals surface area contributed by atoms with Gasteiger partial charge in [0, 0.05) is 30.1 Å². The lowest BCUT2D eigenvalue weighted by molar-refractivity contribution is -0.384. The van der Waals surface area contributed by atoms with Gasteiger partial charge >= 0.3 is 11.9 Å². The van der Waals surface area contributed by atoms with Crippen molar-refractivity contribution in [3.63, 3.8) is 0 Å². The molecule has 0 spiro atoms.